The number of benzene rings is 3. The zero-order valence-electron chi connectivity index (χ0n) is 21.5. The fraction of sp³-hybridized carbons (Fsp3) is 0.241. The standard InChI is InChI=1S/C29H30O9/c1-5-17(4)36-23-15-18(13-21(30)25(23)32)27(34)29(6-2,7-3)38-24-16-19(14-22(31)26(24)33)28(35)37-20-11-9-8-10-12-20/h5,8-16,30-33H,6-7H2,1-4H3/b17-5+. The van der Waals surface area contributed by atoms with Gasteiger partial charge in [0.25, 0.3) is 0 Å². The van der Waals surface area contributed by atoms with Gasteiger partial charge in [-0.25, -0.2) is 4.79 Å². The van der Waals surface area contributed by atoms with E-state index in [2.05, 4.69) is 0 Å². The number of phenols is 4. The molecule has 0 aliphatic carbocycles. The summed E-state index contributed by atoms with van der Waals surface area (Å²) in [7, 11) is 0. The quantitative estimate of drug-likeness (QED) is 0.0847. The Morgan fingerprint density at radius 1 is 0.816 bits per heavy atom. The van der Waals surface area contributed by atoms with E-state index in [4.69, 9.17) is 14.2 Å². The summed E-state index contributed by atoms with van der Waals surface area (Å²) in [4.78, 5) is 26.4. The van der Waals surface area contributed by atoms with Gasteiger partial charge in [0.05, 0.1) is 11.3 Å². The first-order valence-electron chi connectivity index (χ1n) is 12.0. The van der Waals surface area contributed by atoms with E-state index in [0.717, 1.165) is 12.1 Å². The number of carbonyl (C=O) groups excluding carboxylic acids is 2. The van der Waals surface area contributed by atoms with Crippen molar-refractivity contribution in [3.63, 3.8) is 0 Å². The number of rotatable bonds is 10. The van der Waals surface area contributed by atoms with Crippen molar-refractivity contribution in [2.24, 2.45) is 0 Å². The number of phenolic OH excluding ortho intramolecular Hbond substituents is 4. The largest absolute Gasteiger partial charge is 0.504 e. The van der Waals surface area contributed by atoms with Gasteiger partial charge < -0.3 is 34.6 Å². The smallest absolute Gasteiger partial charge is 0.343 e. The van der Waals surface area contributed by atoms with Crippen LogP contribution in [0.3, 0.4) is 0 Å². The molecule has 4 N–H and O–H groups in total. The number of aromatic hydroxyl groups is 4. The molecule has 0 aromatic heterocycles. The number of allylic oxidation sites excluding steroid dienone is 2. The van der Waals surface area contributed by atoms with Crippen LogP contribution in [0.4, 0.5) is 0 Å². The first-order chi connectivity index (χ1) is 18.0. The highest BCUT2D eigenvalue weighted by molar-refractivity contribution is 6.03. The number of carbonyl (C=O) groups is 2. The van der Waals surface area contributed by atoms with Gasteiger partial charge in [-0.05, 0) is 69.2 Å². The lowest BCUT2D eigenvalue weighted by Crippen LogP contribution is -2.43. The molecule has 3 aromatic carbocycles. The van der Waals surface area contributed by atoms with Crippen molar-refractivity contribution in [2.75, 3.05) is 0 Å². The van der Waals surface area contributed by atoms with Crippen molar-refractivity contribution in [1.82, 2.24) is 0 Å². The maximum absolute atomic E-state index is 13.7. The fourth-order valence-corrected chi connectivity index (χ4v) is 3.71. The van der Waals surface area contributed by atoms with E-state index in [9.17, 15) is 30.0 Å². The fourth-order valence-electron chi connectivity index (χ4n) is 3.71. The van der Waals surface area contributed by atoms with Crippen molar-refractivity contribution in [3.8, 4) is 40.2 Å². The topological polar surface area (TPSA) is 143 Å². The van der Waals surface area contributed by atoms with Crippen LogP contribution in [0.2, 0.25) is 0 Å². The van der Waals surface area contributed by atoms with Gasteiger partial charge in [0.15, 0.2) is 28.6 Å². The van der Waals surface area contributed by atoms with Crippen LogP contribution in [0.5, 0.6) is 40.2 Å². The van der Waals surface area contributed by atoms with Gasteiger partial charge in [0, 0.05) is 5.56 Å². The van der Waals surface area contributed by atoms with Gasteiger partial charge in [0.2, 0.25) is 17.3 Å². The second kappa shape index (κ2) is 11.6. The van der Waals surface area contributed by atoms with Gasteiger partial charge in [-0.15, -0.1) is 0 Å². The minimum Gasteiger partial charge on any atom is -0.504 e. The van der Waals surface area contributed by atoms with Crippen molar-refractivity contribution >= 4 is 11.8 Å². The molecule has 0 saturated heterocycles. The molecule has 0 atom stereocenters. The molecule has 9 nitrogen and oxygen atoms in total. The van der Waals surface area contributed by atoms with Crippen molar-refractivity contribution in [1.29, 1.82) is 0 Å². The van der Waals surface area contributed by atoms with Crippen LogP contribution in [0.1, 0.15) is 61.3 Å². The Balaban J connectivity index is 2.00. The molecule has 38 heavy (non-hydrogen) atoms. The minimum atomic E-state index is -1.58. The Bertz CT molecular complexity index is 1360. The van der Waals surface area contributed by atoms with E-state index in [-0.39, 0.29) is 41.2 Å². The molecule has 200 valence electrons. The second-order valence-corrected chi connectivity index (χ2v) is 8.52. The lowest BCUT2D eigenvalue weighted by atomic mass is 9.87. The van der Waals surface area contributed by atoms with E-state index < -0.39 is 40.4 Å². The molecule has 0 saturated carbocycles. The van der Waals surface area contributed by atoms with Crippen LogP contribution in [-0.4, -0.2) is 37.8 Å². The monoisotopic (exact) mass is 522 g/mol. The number of esters is 1. The van der Waals surface area contributed by atoms with Crippen molar-refractivity contribution in [3.05, 3.63) is 77.6 Å². The molecule has 0 bridgehead atoms. The zero-order chi connectivity index (χ0) is 28.0. The van der Waals surface area contributed by atoms with Crippen LogP contribution in [0.15, 0.2) is 66.4 Å². The summed E-state index contributed by atoms with van der Waals surface area (Å²) in [5.41, 5.74) is -1.72. The van der Waals surface area contributed by atoms with Gasteiger partial charge in [-0.2, -0.15) is 0 Å². The Labute approximate surface area is 220 Å². The van der Waals surface area contributed by atoms with Gasteiger partial charge >= 0.3 is 5.97 Å². The summed E-state index contributed by atoms with van der Waals surface area (Å²) in [5.74, 6) is -3.55. The maximum Gasteiger partial charge on any atom is 0.343 e. The maximum atomic E-state index is 13.7. The number of para-hydroxylation sites is 1. The lowest BCUT2D eigenvalue weighted by Gasteiger charge is -2.32. The highest BCUT2D eigenvalue weighted by Gasteiger charge is 2.40. The predicted molar refractivity (Wildman–Crippen MR) is 139 cm³/mol. The average Bonchev–Trinajstić information content (AvgIpc) is 2.92. The van der Waals surface area contributed by atoms with E-state index in [1.165, 1.54) is 12.1 Å². The van der Waals surface area contributed by atoms with Gasteiger partial charge in [0.1, 0.15) is 5.75 Å². The Kier molecular flexibility index (Phi) is 8.52. The SMILES string of the molecule is C/C=C(\C)Oc1cc(C(=O)C(CC)(CC)Oc2cc(C(=O)Oc3ccccc3)cc(O)c2O)cc(O)c1O. The summed E-state index contributed by atoms with van der Waals surface area (Å²) < 4.78 is 16.8. The third-order valence-electron chi connectivity index (χ3n) is 6.10. The number of hydrogen-bond donors (Lipinski definition) is 4. The van der Waals surface area contributed by atoms with Crippen LogP contribution in [0.25, 0.3) is 0 Å². The molecule has 0 aliphatic rings. The summed E-state index contributed by atoms with van der Waals surface area (Å²) >= 11 is 0. The van der Waals surface area contributed by atoms with Gasteiger partial charge in [-0.3, -0.25) is 4.79 Å². The average molecular weight is 523 g/mol. The number of Topliss-reactive ketones (excluding diaryl/α,β-unsaturated/α-hetero) is 1. The molecule has 0 fully saturated rings. The van der Waals surface area contributed by atoms with E-state index >= 15 is 0 Å². The second-order valence-electron chi connectivity index (χ2n) is 8.52. The summed E-state index contributed by atoms with van der Waals surface area (Å²) in [5, 5.41) is 41.3. The first-order valence-corrected chi connectivity index (χ1v) is 12.0. The minimum absolute atomic E-state index is 0.0220. The molecule has 0 amide bonds. The van der Waals surface area contributed by atoms with E-state index in [1.54, 1.807) is 64.1 Å². The highest BCUT2D eigenvalue weighted by Crippen LogP contribution is 2.43. The van der Waals surface area contributed by atoms with E-state index in [1.807, 2.05) is 0 Å². The van der Waals surface area contributed by atoms with Crippen LogP contribution < -0.4 is 14.2 Å². The number of ether oxygens (including phenoxy) is 3. The molecule has 0 radical (unpaired) electrons. The van der Waals surface area contributed by atoms with E-state index in [0.29, 0.717) is 5.76 Å². The summed E-state index contributed by atoms with van der Waals surface area (Å²) in [6.07, 6.45) is 1.88. The lowest BCUT2D eigenvalue weighted by molar-refractivity contribution is 0.0396. The highest BCUT2D eigenvalue weighted by atomic mass is 16.5. The molecule has 3 aromatic rings. The normalized spacial score (nSPS) is 11.6. The number of ketones is 1. The number of hydrogen-bond acceptors (Lipinski definition) is 9. The van der Waals surface area contributed by atoms with Crippen LogP contribution in [0, 0.1) is 0 Å². The third-order valence-corrected chi connectivity index (χ3v) is 6.10. The molecule has 0 heterocycles. The molecule has 0 aliphatic heterocycles. The first kappa shape index (κ1) is 27.9. The Hall–Kier alpha value is -4.66. The molecular formula is C29H30O9. The molecular weight excluding hydrogens is 492 g/mol. The Morgan fingerprint density at radius 3 is 1.95 bits per heavy atom. The molecule has 3 rings (SSSR count). The van der Waals surface area contributed by atoms with Crippen LogP contribution >= 0.6 is 0 Å². The van der Waals surface area contributed by atoms with Crippen molar-refractivity contribution < 1.29 is 44.2 Å². The molecule has 0 spiro atoms. The Morgan fingerprint density at radius 2 is 1.37 bits per heavy atom. The third kappa shape index (κ3) is 5.83. The molecule has 9 heteroatoms. The predicted octanol–water partition coefficient (Wildman–Crippen LogP) is 5.85. The van der Waals surface area contributed by atoms with Crippen molar-refractivity contribution in [2.45, 2.75) is 46.1 Å². The summed E-state index contributed by atoms with van der Waals surface area (Å²) in [6, 6.07) is 12.9. The summed E-state index contributed by atoms with van der Waals surface area (Å²) in [6.45, 7) is 6.74. The zero-order valence-corrected chi connectivity index (χ0v) is 21.5. The van der Waals surface area contributed by atoms with Gasteiger partial charge in [-0.1, -0.05) is 32.0 Å². The molecule has 0 unspecified atom stereocenters. The van der Waals surface area contributed by atoms with Crippen LogP contribution in [-0.2, 0) is 0 Å².